The number of benzene rings is 1. The summed E-state index contributed by atoms with van der Waals surface area (Å²) in [5.41, 5.74) is 4.42. The fourth-order valence-corrected chi connectivity index (χ4v) is 3.56. The van der Waals surface area contributed by atoms with Crippen LogP contribution in [0.1, 0.15) is 44.8 Å². The summed E-state index contributed by atoms with van der Waals surface area (Å²) in [5.74, 6) is 0.524. The molecule has 0 radical (unpaired) electrons. The summed E-state index contributed by atoms with van der Waals surface area (Å²) < 4.78 is 7.39. The van der Waals surface area contributed by atoms with Crippen LogP contribution in [0.4, 0.5) is 0 Å². The van der Waals surface area contributed by atoms with Crippen molar-refractivity contribution in [3.8, 4) is 12.0 Å². The lowest BCUT2D eigenvalue weighted by Gasteiger charge is -2.07. The molecule has 0 spiro atoms. The van der Waals surface area contributed by atoms with Gasteiger partial charge in [0.2, 0.25) is 5.88 Å². The molecule has 0 saturated carbocycles. The van der Waals surface area contributed by atoms with Crippen molar-refractivity contribution in [3.05, 3.63) is 76.3 Å². The maximum atomic E-state index is 12.7. The molecule has 2 heterocycles. The average molecular weight is 345 g/mol. The smallest absolute Gasteiger partial charge is 0.256 e. The molecule has 0 aliphatic heterocycles. The largest absolute Gasteiger partial charge is 0.443 e. The third-order valence-electron chi connectivity index (χ3n) is 4.86. The van der Waals surface area contributed by atoms with Crippen LogP contribution in [-0.4, -0.2) is 10.5 Å². The van der Waals surface area contributed by atoms with Crippen molar-refractivity contribution in [3.63, 3.8) is 0 Å². The second-order valence-electron chi connectivity index (χ2n) is 6.55. The molecule has 0 atom stereocenters. The van der Waals surface area contributed by atoms with Gasteiger partial charge in [-0.2, -0.15) is 5.26 Å². The fourth-order valence-electron chi connectivity index (χ4n) is 3.56. The number of carbonyl (C=O) groups excluding carboxylic acids is 1. The van der Waals surface area contributed by atoms with E-state index in [1.54, 1.807) is 23.9 Å². The molecule has 1 aromatic carbocycles. The Morgan fingerprint density at radius 1 is 1.27 bits per heavy atom. The van der Waals surface area contributed by atoms with Gasteiger partial charge in [-0.1, -0.05) is 18.2 Å². The number of fused-ring (bicyclic) bond motifs is 1. The molecule has 5 nitrogen and oxygen atoms in total. The van der Waals surface area contributed by atoms with Gasteiger partial charge in [0.1, 0.15) is 23.0 Å². The summed E-state index contributed by atoms with van der Waals surface area (Å²) in [5, 5.41) is 12.5. The number of hydrogen-bond donors (Lipinski definition) is 1. The van der Waals surface area contributed by atoms with Crippen LogP contribution < -0.4 is 5.32 Å². The van der Waals surface area contributed by atoms with Gasteiger partial charge in [-0.05, 0) is 55.0 Å². The molecule has 0 unspecified atom stereocenters. The van der Waals surface area contributed by atoms with Gasteiger partial charge in [0.25, 0.3) is 5.91 Å². The lowest BCUT2D eigenvalue weighted by Crippen LogP contribution is -2.24. The van der Waals surface area contributed by atoms with Crippen molar-refractivity contribution in [2.75, 3.05) is 0 Å². The summed E-state index contributed by atoms with van der Waals surface area (Å²) in [7, 11) is 0. The Hall–Kier alpha value is -3.26. The minimum absolute atomic E-state index is 0.255. The van der Waals surface area contributed by atoms with Gasteiger partial charge < -0.3 is 9.73 Å². The third kappa shape index (κ3) is 2.80. The number of carbonyl (C=O) groups is 1. The fraction of sp³-hybridized carbons (Fsp3) is 0.238. The zero-order valence-electron chi connectivity index (χ0n) is 14.6. The summed E-state index contributed by atoms with van der Waals surface area (Å²) in [6.07, 6.45) is 7.02. The Balaban J connectivity index is 1.56. The molecular weight excluding hydrogens is 326 g/mol. The molecule has 2 aromatic heterocycles. The van der Waals surface area contributed by atoms with Crippen molar-refractivity contribution in [1.82, 2.24) is 9.88 Å². The topological polar surface area (TPSA) is 71.0 Å². The molecule has 1 aliphatic rings. The molecule has 1 N–H and O–H groups in total. The van der Waals surface area contributed by atoms with Crippen molar-refractivity contribution in [2.24, 2.45) is 0 Å². The zero-order chi connectivity index (χ0) is 18.1. The Morgan fingerprint density at radius 3 is 2.81 bits per heavy atom. The normalized spacial score (nSPS) is 12.6. The Bertz CT molecular complexity index is 1010. The Labute approximate surface area is 151 Å². The van der Waals surface area contributed by atoms with Crippen LogP contribution in [0.25, 0.3) is 5.88 Å². The number of hydrogen-bond acceptors (Lipinski definition) is 3. The molecule has 0 saturated heterocycles. The van der Waals surface area contributed by atoms with Crippen LogP contribution in [0.5, 0.6) is 0 Å². The van der Waals surface area contributed by atoms with Crippen LogP contribution in [0.3, 0.4) is 0 Å². The highest BCUT2D eigenvalue weighted by Gasteiger charge is 2.24. The molecule has 26 heavy (non-hydrogen) atoms. The van der Waals surface area contributed by atoms with Gasteiger partial charge in [0, 0.05) is 18.9 Å². The number of nitriles is 1. The van der Waals surface area contributed by atoms with Crippen LogP contribution in [0.15, 0.2) is 47.1 Å². The van der Waals surface area contributed by atoms with E-state index in [9.17, 15) is 10.1 Å². The first-order valence-corrected chi connectivity index (χ1v) is 8.73. The van der Waals surface area contributed by atoms with Crippen LogP contribution in [0.2, 0.25) is 0 Å². The molecule has 0 fully saturated rings. The van der Waals surface area contributed by atoms with Crippen molar-refractivity contribution >= 4 is 5.91 Å². The Kier molecular flexibility index (Phi) is 4.10. The third-order valence-corrected chi connectivity index (χ3v) is 4.86. The minimum Gasteiger partial charge on any atom is -0.443 e. The van der Waals surface area contributed by atoms with Gasteiger partial charge >= 0.3 is 0 Å². The number of aryl methyl sites for hydroxylation is 3. The van der Waals surface area contributed by atoms with Gasteiger partial charge in [-0.15, -0.1) is 0 Å². The molecule has 0 bridgehead atoms. The SMILES string of the molecule is Cc1oc(-n2cccc2)c(C#N)c1C(=O)NCc1ccc2c(c1)CCC2. The summed E-state index contributed by atoms with van der Waals surface area (Å²) in [6.45, 7) is 2.14. The van der Waals surface area contributed by atoms with E-state index in [-0.39, 0.29) is 11.5 Å². The van der Waals surface area contributed by atoms with Crippen molar-refractivity contribution in [2.45, 2.75) is 32.7 Å². The van der Waals surface area contributed by atoms with Gasteiger partial charge in [-0.3, -0.25) is 9.36 Å². The second kappa shape index (κ2) is 6.57. The Morgan fingerprint density at radius 2 is 2.04 bits per heavy atom. The number of amides is 1. The highest BCUT2D eigenvalue weighted by molar-refractivity contribution is 5.98. The summed E-state index contributed by atoms with van der Waals surface area (Å²) >= 11 is 0. The van der Waals surface area contributed by atoms with E-state index in [1.807, 2.05) is 12.1 Å². The zero-order valence-corrected chi connectivity index (χ0v) is 14.6. The van der Waals surface area contributed by atoms with E-state index in [1.165, 1.54) is 17.5 Å². The summed E-state index contributed by atoms with van der Waals surface area (Å²) in [4.78, 5) is 12.7. The molecule has 1 amide bonds. The lowest BCUT2D eigenvalue weighted by atomic mass is 10.1. The van der Waals surface area contributed by atoms with E-state index in [0.29, 0.717) is 23.8 Å². The maximum absolute atomic E-state index is 12.7. The first kappa shape index (κ1) is 16.2. The van der Waals surface area contributed by atoms with Crippen molar-refractivity contribution < 1.29 is 9.21 Å². The van der Waals surface area contributed by atoms with Crippen molar-refractivity contribution in [1.29, 1.82) is 5.26 Å². The van der Waals surface area contributed by atoms with E-state index in [2.05, 4.69) is 29.6 Å². The minimum atomic E-state index is -0.290. The summed E-state index contributed by atoms with van der Waals surface area (Å²) in [6, 6.07) is 12.2. The molecular formula is C21H19N3O2. The van der Waals surface area contributed by atoms with Gasteiger partial charge in [0.15, 0.2) is 0 Å². The molecule has 5 heteroatoms. The van der Waals surface area contributed by atoms with E-state index < -0.39 is 0 Å². The number of furan rings is 1. The predicted molar refractivity (Wildman–Crippen MR) is 97.1 cm³/mol. The first-order chi connectivity index (χ1) is 12.7. The predicted octanol–water partition coefficient (Wildman–Crippen LogP) is 3.67. The standard InChI is InChI=1S/C21H19N3O2/c1-14-19(18(12-22)21(26-14)24-9-2-3-10-24)20(25)23-13-15-7-8-16-5-4-6-17(16)11-15/h2-3,7-11H,4-6,13H2,1H3,(H,23,25). The first-order valence-electron chi connectivity index (χ1n) is 8.73. The average Bonchev–Trinajstić information content (AvgIpc) is 3.37. The van der Waals surface area contributed by atoms with Crippen LogP contribution in [-0.2, 0) is 19.4 Å². The van der Waals surface area contributed by atoms with Crippen LogP contribution in [0, 0.1) is 18.3 Å². The van der Waals surface area contributed by atoms with E-state index >= 15 is 0 Å². The highest BCUT2D eigenvalue weighted by atomic mass is 16.4. The highest BCUT2D eigenvalue weighted by Crippen LogP contribution is 2.26. The van der Waals surface area contributed by atoms with Gasteiger partial charge in [-0.25, -0.2) is 0 Å². The van der Waals surface area contributed by atoms with Crippen LogP contribution >= 0.6 is 0 Å². The monoisotopic (exact) mass is 345 g/mol. The number of nitrogens with zero attached hydrogens (tertiary/aromatic N) is 2. The molecule has 1 aliphatic carbocycles. The lowest BCUT2D eigenvalue weighted by molar-refractivity contribution is 0.0949. The van der Waals surface area contributed by atoms with E-state index in [0.717, 1.165) is 18.4 Å². The quantitative estimate of drug-likeness (QED) is 0.784. The second-order valence-corrected chi connectivity index (χ2v) is 6.55. The number of rotatable bonds is 4. The maximum Gasteiger partial charge on any atom is 0.256 e. The molecule has 130 valence electrons. The number of aromatic nitrogens is 1. The molecule has 4 rings (SSSR count). The van der Waals surface area contributed by atoms with Gasteiger partial charge in [0.05, 0.1) is 0 Å². The van der Waals surface area contributed by atoms with E-state index in [4.69, 9.17) is 4.42 Å². The molecule has 3 aromatic rings. The number of nitrogens with one attached hydrogen (secondary N) is 1.